The minimum absolute atomic E-state index is 0.193. The molecule has 0 aliphatic carbocycles. The van der Waals surface area contributed by atoms with E-state index < -0.39 is 0 Å². The molecule has 3 N–H and O–H groups in total. The fourth-order valence-electron chi connectivity index (χ4n) is 3.07. The second kappa shape index (κ2) is 5.32. The predicted molar refractivity (Wildman–Crippen MR) is 80.4 cm³/mol. The third-order valence-corrected chi connectivity index (χ3v) is 4.11. The lowest BCUT2D eigenvalue weighted by molar-refractivity contribution is -0.123. The van der Waals surface area contributed by atoms with Crippen LogP contribution in [0.1, 0.15) is 23.8 Å². The summed E-state index contributed by atoms with van der Waals surface area (Å²) in [4.78, 5) is 40.2. The molecule has 3 rings (SSSR count). The average molecular weight is 302 g/mol. The number of aromatic amines is 1. The summed E-state index contributed by atoms with van der Waals surface area (Å²) in [6.45, 7) is 2.83. The number of carbonyl (C=O) groups is 2. The molecule has 0 aromatic carbocycles. The van der Waals surface area contributed by atoms with Crippen LogP contribution in [-0.2, 0) is 4.79 Å². The highest BCUT2D eigenvalue weighted by molar-refractivity contribution is 5.93. The first-order valence-electron chi connectivity index (χ1n) is 7.24. The van der Waals surface area contributed by atoms with Gasteiger partial charge in [-0.25, -0.2) is 4.79 Å². The fourth-order valence-corrected chi connectivity index (χ4v) is 3.07. The zero-order chi connectivity index (χ0) is 15.9. The molecule has 0 spiro atoms. The normalized spacial score (nSPS) is 22.0. The van der Waals surface area contributed by atoms with Crippen LogP contribution in [0.5, 0.6) is 0 Å². The molecule has 1 fully saturated rings. The minimum Gasteiger partial charge on any atom is -0.369 e. The first-order chi connectivity index (χ1) is 10.5. The van der Waals surface area contributed by atoms with Gasteiger partial charge in [-0.05, 0) is 30.5 Å². The Balaban J connectivity index is 1.91. The van der Waals surface area contributed by atoms with E-state index in [1.165, 1.54) is 4.40 Å². The van der Waals surface area contributed by atoms with E-state index in [2.05, 4.69) is 4.98 Å². The van der Waals surface area contributed by atoms with Gasteiger partial charge < -0.3 is 15.6 Å². The summed E-state index contributed by atoms with van der Waals surface area (Å²) in [7, 11) is 0. The van der Waals surface area contributed by atoms with Crippen LogP contribution in [0, 0.1) is 11.8 Å². The van der Waals surface area contributed by atoms with Gasteiger partial charge >= 0.3 is 5.69 Å². The molecule has 116 valence electrons. The summed E-state index contributed by atoms with van der Waals surface area (Å²) in [6.07, 6.45) is 2.32. The van der Waals surface area contributed by atoms with Crippen LogP contribution in [0.2, 0.25) is 0 Å². The van der Waals surface area contributed by atoms with Crippen LogP contribution >= 0.6 is 0 Å². The first-order valence-corrected chi connectivity index (χ1v) is 7.24. The second-order valence-electron chi connectivity index (χ2n) is 5.94. The summed E-state index contributed by atoms with van der Waals surface area (Å²) in [6, 6.07) is 5.14. The Kier molecular flexibility index (Phi) is 3.48. The maximum Gasteiger partial charge on any atom is 0.330 e. The zero-order valence-electron chi connectivity index (χ0n) is 12.3. The van der Waals surface area contributed by atoms with Crippen molar-refractivity contribution in [1.82, 2.24) is 14.3 Å². The standard InChI is InChI=1S/C15H18N4O3/c1-9-5-10(13(16)20)8-18(7-9)14(21)12-6-11-3-2-4-19(11)15(22)17-12/h2-4,6,9-10H,5,7-8H2,1H3,(H2,16,20)(H,17,22). The van der Waals surface area contributed by atoms with Crippen LogP contribution in [0.15, 0.2) is 29.2 Å². The van der Waals surface area contributed by atoms with Gasteiger partial charge in [0.2, 0.25) is 5.91 Å². The molecular formula is C15H18N4O3. The molecule has 22 heavy (non-hydrogen) atoms. The van der Waals surface area contributed by atoms with Gasteiger partial charge in [0.15, 0.2) is 0 Å². The first kappa shape index (κ1) is 14.4. The highest BCUT2D eigenvalue weighted by atomic mass is 16.2. The quantitative estimate of drug-likeness (QED) is 0.829. The lowest BCUT2D eigenvalue weighted by atomic mass is 9.90. The Morgan fingerprint density at radius 3 is 2.86 bits per heavy atom. The van der Waals surface area contributed by atoms with Gasteiger partial charge in [-0.2, -0.15) is 0 Å². The number of hydrogen-bond donors (Lipinski definition) is 2. The summed E-state index contributed by atoms with van der Waals surface area (Å²) in [5.74, 6) is -0.811. The van der Waals surface area contributed by atoms with Gasteiger partial charge in [-0.15, -0.1) is 0 Å². The Hall–Kier alpha value is -2.57. The highest BCUT2D eigenvalue weighted by Crippen LogP contribution is 2.22. The molecular weight excluding hydrogens is 284 g/mol. The Morgan fingerprint density at radius 1 is 1.36 bits per heavy atom. The van der Waals surface area contributed by atoms with Crippen LogP contribution in [0.3, 0.4) is 0 Å². The summed E-state index contributed by atoms with van der Waals surface area (Å²) >= 11 is 0. The molecule has 1 aliphatic heterocycles. The van der Waals surface area contributed by atoms with E-state index in [1.54, 1.807) is 29.3 Å². The van der Waals surface area contributed by atoms with Gasteiger partial charge in [0, 0.05) is 19.3 Å². The molecule has 2 aromatic rings. The number of nitrogens with zero attached hydrogens (tertiary/aromatic N) is 2. The number of nitrogens with one attached hydrogen (secondary N) is 1. The van der Waals surface area contributed by atoms with Crippen molar-refractivity contribution in [2.45, 2.75) is 13.3 Å². The van der Waals surface area contributed by atoms with Gasteiger partial charge in [0.05, 0.1) is 11.4 Å². The van der Waals surface area contributed by atoms with Crippen molar-refractivity contribution in [3.8, 4) is 0 Å². The second-order valence-corrected chi connectivity index (χ2v) is 5.94. The number of amides is 2. The smallest absolute Gasteiger partial charge is 0.330 e. The Morgan fingerprint density at radius 2 is 2.14 bits per heavy atom. The van der Waals surface area contributed by atoms with Gasteiger partial charge in [-0.1, -0.05) is 6.92 Å². The van der Waals surface area contributed by atoms with E-state index in [0.29, 0.717) is 25.0 Å². The predicted octanol–water partition coefficient (Wildman–Crippen LogP) is 0.211. The maximum absolute atomic E-state index is 12.6. The number of nitrogens with two attached hydrogens (primary N) is 1. The van der Waals surface area contributed by atoms with E-state index in [9.17, 15) is 14.4 Å². The van der Waals surface area contributed by atoms with Gasteiger partial charge in [0.1, 0.15) is 5.69 Å². The minimum atomic E-state index is -0.389. The summed E-state index contributed by atoms with van der Waals surface area (Å²) in [5.41, 5.74) is 5.90. The number of rotatable bonds is 2. The molecule has 2 unspecified atom stereocenters. The van der Waals surface area contributed by atoms with E-state index in [0.717, 1.165) is 0 Å². The Bertz CT molecular complexity index is 791. The lowest BCUT2D eigenvalue weighted by Gasteiger charge is -2.35. The number of fused-ring (bicyclic) bond motifs is 1. The van der Waals surface area contributed by atoms with Crippen molar-refractivity contribution >= 4 is 17.3 Å². The third kappa shape index (κ3) is 2.49. The molecule has 2 aromatic heterocycles. The fraction of sp³-hybridized carbons (Fsp3) is 0.400. The summed E-state index contributed by atoms with van der Waals surface area (Å²) < 4.78 is 1.43. The number of carbonyl (C=O) groups excluding carboxylic acids is 2. The maximum atomic E-state index is 12.6. The number of aromatic nitrogens is 2. The summed E-state index contributed by atoms with van der Waals surface area (Å²) in [5, 5.41) is 0. The van der Waals surface area contributed by atoms with Crippen molar-refractivity contribution in [1.29, 1.82) is 0 Å². The molecule has 1 saturated heterocycles. The monoisotopic (exact) mass is 302 g/mol. The van der Waals surface area contributed by atoms with Crippen molar-refractivity contribution in [3.63, 3.8) is 0 Å². The van der Waals surface area contributed by atoms with Crippen LogP contribution in [0.25, 0.3) is 5.52 Å². The van der Waals surface area contributed by atoms with E-state index in [4.69, 9.17) is 5.73 Å². The van der Waals surface area contributed by atoms with E-state index >= 15 is 0 Å². The molecule has 0 bridgehead atoms. The number of piperidine rings is 1. The van der Waals surface area contributed by atoms with Crippen molar-refractivity contribution in [3.05, 3.63) is 40.6 Å². The zero-order valence-corrected chi connectivity index (χ0v) is 12.3. The molecule has 2 amide bonds. The number of likely N-dealkylation sites (tertiary alicyclic amines) is 1. The molecule has 1 aliphatic rings. The largest absolute Gasteiger partial charge is 0.369 e. The molecule has 7 heteroatoms. The number of primary amides is 1. The topological polar surface area (TPSA) is 101 Å². The van der Waals surface area contributed by atoms with Crippen molar-refractivity contribution < 1.29 is 9.59 Å². The molecule has 0 saturated carbocycles. The SMILES string of the molecule is CC1CC(C(N)=O)CN(C(=O)c2cc3cccn3c(=O)[nH]2)C1. The van der Waals surface area contributed by atoms with Crippen LogP contribution in [0.4, 0.5) is 0 Å². The Labute approximate surface area is 126 Å². The highest BCUT2D eigenvalue weighted by Gasteiger charge is 2.31. The lowest BCUT2D eigenvalue weighted by Crippen LogP contribution is -2.47. The average Bonchev–Trinajstić information content (AvgIpc) is 2.94. The molecule has 7 nitrogen and oxygen atoms in total. The van der Waals surface area contributed by atoms with Crippen molar-refractivity contribution in [2.24, 2.45) is 17.6 Å². The van der Waals surface area contributed by atoms with Crippen molar-refractivity contribution in [2.75, 3.05) is 13.1 Å². The van der Waals surface area contributed by atoms with Gasteiger partial charge in [-0.3, -0.25) is 14.0 Å². The van der Waals surface area contributed by atoms with E-state index in [1.807, 2.05) is 6.92 Å². The third-order valence-electron chi connectivity index (χ3n) is 4.11. The number of H-pyrrole nitrogens is 1. The molecule has 3 heterocycles. The van der Waals surface area contributed by atoms with Crippen LogP contribution in [-0.4, -0.2) is 39.2 Å². The molecule has 0 radical (unpaired) electrons. The number of hydrogen-bond acceptors (Lipinski definition) is 3. The van der Waals surface area contributed by atoms with Crippen LogP contribution < -0.4 is 11.4 Å². The molecule has 2 atom stereocenters. The van der Waals surface area contributed by atoms with E-state index in [-0.39, 0.29) is 35.0 Å². The van der Waals surface area contributed by atoms with Gasteiger partial charge in [0.25, 0.3) is 5.91 Å².